The summed E-state index contributed by atoms with van der Waals surface area (Å²) in [6.45, 7) is 2.04. The van der Waals surface area contributed by atoms with E-state index in [1.54, 1.807) is 11.3 Å². The first kappa shape index (κ1) is 11.4. The first-order chi connectivity index (χ1) is 8.74. The molecule has 1 aromatic carbocycles. The van der Waals surface area contributed by atoms with Crippen LogP contribution in [0.15, 0.2) is 30.6 Å². The summed E-state index contributed by atoms with van der Waals surface area (Å²) in [4.78, 5) is 9.85. The summed E-state index contributed by atoms with van der Waals surface area (Å²) in [7, 11) is 0. The van der Waals surface area contributed by atoms with E-state index in [9.17, 15) is 0 Å². The number of hydrogen-bond donors (Lipinski definition) is 1. The van der Waals surface area contributed by atoms with Crippen molar-refractivity contribution in [1.29, 1.82) is 0 Å². The molecule has 3 aromatic rings. The van der Waals surface area contributed by atoms with Crippen molar-refractivity contribution in [3.05, 3.63) is 40.5 Å². The highest BCUT2D eigenvalue weighted by Gasteiger charge is 2.12. The van der Waals surface area contributed by atoms with E-state index in [0.29, 0.717) is 5.82 Å². The molecule has 6 heteroatoms. The third-order valence-corrected chi connectivity index (χ3v) is 3.76. The SMILES string of the molecule is Cc1sc(-c2ncn[nH]2)nc1-c1ccc(Cl)cc1. The van der Waals surface area contributed by atoms with Gasteiger partial charge in [0.2, 0.25) is 0 Å². The highest BCUT2D eigenvalue weighted by molar-refractivity contribution is 7.15. The summed E-state index contributed by atoms with van der Waals surface area (Å²) in [5.74, 6) is 0.698. The highest BCUT2D eigenvalue weighted by Crippen LogP contribution is 2.31. The number of hydrogen-bond acceptors (Lipinski definition) is 4. The Morgan fingerprint density at radius 1 is 1.22 bits per heavy atom. The number of benzene rings is 1. The minimum absolute atomic E-state index is 0.698. The van der Waals surface area contributed by atoms with Gasteiger partial charge in [0.05, 0.1) is 5.69 Å². The lowest BCUT2D eigenvalue weighted by Gasteiger charge is -1.98. The molecule has 0 bridgehead atoms. The van der Waals surface area contributed by atoms with Gasteiger partial charge < -0.3 is 0 Å². The molecule has 1 N–H and O–H groups in total. The molecule has 0 radical (unpaired) electrons. The molecule has 2 aromatic heterocycles. The Morgan fingerprint density at radius 3 is 2.67 bits per heavy atom. The smallest absolute Gasteiger partial charge is 0.184 e. The molecule has 0 fully saturated rings. The molecule has 0 amide bonds. The van der Waals surface area contributed by atoms with Crippen LogP contribution in [0.2, 0.25) is 5.02 Å². The third kappa shape index (κ3) is 2.02. The van der Waals surface area contributed by atoms with Crippen LogP contribution in [0.5, 0.6) is 0 Å². The quantitative estimate of drug-likeness (QED) is 0.779. The normalized spacial score (nSPS) is 10.8. The van der Waals surface area contributed by atoms with Gasteiger partial charge in [-0.25, -0.2) is 9.97 Å². The number of nitrogens with one attached hydrogen (secondary N) is 1. The second-order valence-corrected chi connectivity index (χ2v) is 5.40. The number of aromatic amines is 1. The fourth-order valence-electron chi connectivity index (χ4n) is 1.68. The molecule has 0 spiro atoms. The fraction of sp³-hybridized carbons (Fsp3) is 0.0833. The summed E-state index contributed by atoms with van der Waals surface area (Å²) < 4.78 is 0. The molecule has 0 unspecified atom stereocenters. The van der Waals surface area contributed by atoms with Gasteiger partial charge >= 0.3 is 0 Å². The molecule has 2 heterocycles. The molecule has 18 heavy (non-hydrogen) atoms. The second kappa shape index (κ2) is 4.51. The molecule has 3 rings (SSSR count). The Hall–Kier alpha value is -1.72. The van der Waals surface area contributed by atoms with Gasteiger partial charge in [0, 0.05) is 15.5 Å². The maximum Gasteiger partial charge on any atom is 0.184 e. The highest BCUT2D eigenvalue weighted by atomic mass is 35.5. The van der Waals surface area contributed by atoms with Crippen molar-refractivity contribution >= 4 is 22.9 Å². The van der Waals surface area contributed by atoms with Gasteiger partial charge in [-0.1, -0.05) is 23.7 Å². The second-order valence-electron chi connectivity index (χ2n) is 3.76. The Morgan fingerprint density at radius 2 is 2.00 bits per heavy atom. The van der Waals surface area contributed by atoms with Gasteiger partial charge in [0.25, 0.3) is 0 Å². The molecule has 0 saturated heterocycles. The molecule has 4 nitrogen and oxygen atoms in total. The molecule has 0 aliphatic carbocycles. The van der Waals surface area contributed by atoms with Gasteiger partial charge in [-0.15, -0.1) is 11.3 Å². The summed E-state index contributed by atoms with van der Waals surface area (Å²) in [5, 5.41) is 8.22. The van der Waals surface area contributed by atoms with Crippen LogP contribution in [0.4, 0.5) is 0 Å². The van der Waals surface area contributed by atoms with E-state index < -0.39 is 0 Å². The van der Waals surface area contributed by atoms with E-state index >= 15 is 0 Å². The largest absolute Gasteiger partial charge is 0.257 e. The van der Waals surface area contributed by atoms with Crippen LogP contribution >= 0.6 is 22.9 Å². The van der Waals surface area contributed by atoms with Crippen LogP contribution in [-0.2, 0) is 0 Å². The van der Waals surface area contributed by atoms with Crippen molar-refractivity contribution in [2.45, 2.75) is 6.92 Å². The van der Waals surface area contributed by atoms with Crippen molar-refractivity contribution in [2.75, 3.05) is 0 Å². The molecule has 0 atom stereocenters. The first-order valence-corrected chi connectivity index (χ1v) is 6.52. The van der Waals surface area contributed by atoms with Crippen molar-refractivity contribution in [3.8, 4) is 22.1 Å². The predicted octanol–water partition coefficient (Wildman–Crippen LogP) is 3.56. The minimum Gasteiger partial charge on any atom is -0.257 e. The number of H-pyrrole nitrogens is 1. The van der Waals surface area contributed by atoms with Gasteiger partial charge in [0.15, 0.2) is 10.8 Å². The summed E-state index contributed by atoms with van der Waals surface area (Å²) >= 11 is 7.48. The van der Waals surface area contributed by atoms with E-state index in [1.165, 1.54) is 6.33 Å². The van der Waals surface area contributed by atoms with Crippen molar-refractivity contribution in [3.63, 3.8) is 0 Å². The van der Waals surface area contributed by atoms with Gasteiger partial charge in [-0.2, -0.15) is 5.10 Å². The van der Waals surface area contributed by atoms with E-state index in [1.807, 2.05) is 31.2 Å². The molecule has 0 saturated carbocycles. The van der Waals surface area contributed by atoms with Crippen molar-refractivity contribution in [2.24, 2.45) is 0 Å². The van der Waals surface area contributed by atoms with Crippen LogP contribution < -0.4 is 0 Å². The van der Waals surface area contributed by atoms with Crippen LogP contribution in [0, 0.1) is 6.92 Å². The van der Waals surface area contributed by atoms with Gasteiger partial charge in [-0.05, 0) is 19.1 Å². The summed E-state index contributed by atoms with van der Waals surface area (Å²) in [6, 6.07) is 7.66. The van der Waals surface area contributed by atoms with E-state index in [0.717, 1.165) is 26.2 Å². The van der Waals surface area contributed by atoms with Gasteiger partial charge in [-0.3, -0.25) is 5.10 Å². The van der Waals surface area contributed by atoms with E-state index in [-0.39, 0.29) is 0 Å². The third-order valence-electron chi connectivity index (χ3n) is 2.53. The number of thiazole rings is 1. The maximum atomic E-state index is 5.88. The van der Waals surface area contributed by atoms with Gasteiger partial charge in [0.1, 0.15) is 6.33 Å². The number of halogens is 1. The molecule has 90 valence electrons. The zero-order valence-electron chi connectivity index (χ0n) is 9.51. The van der Waals surface area contributed by atoms with E-state index in [2.05, 4.69) is 20.2 Å². The van der Waals surface area contributed by atoms with Crippen molar-refractivity contribution < 1.29 is 0 Å². The fourth-order valence-corrected chi connectivity index (χ4v) is 2.69. The average Bonchev–Trinajstić information content (AvgIpc) is 2.99. The number of aryl methyl sites for hydroxylation is 1. The van der Waals surface area contributed by atoms with E-state index in [4.69, 9.17) is 11.6 Å². The van der Waals surface area contributed by atoms with Crippen LogP contribution in [0.25, 0.3) is 22.1 Å². The molecular formula is C12H9ClN4S. The lowest BCUT2D eigenvalue weighted by molar-refractivity contribution is 1.09. The Balaban J connectivity index is 2.06. The standard InChI is InChI=1S/C12H9ClN4S/c1-7-10(8-2-4-9(13)5-3-8)16-12(18-7)11-14-6-15-17-11/h2-6H,1H3,(H,14,15,17). The van der Waals surface area contributed by atoms with Crippen LogP contribution in [0.3, 0.4) is 0 Å². The summed E-state index contributed by atoms with van der Waals surface area (Å²) in [6.07, 6.45) is 1.48. The molecular weight excluding hydrogens is 268 g/mol. The molecule has 0 aliphatic heterocycles. The Bertz CT molecular complexity index is 658. The number of nitrogens with zero attached hydrogens (tertiary/aromatic N) is 3. The zero-order chi connectivity index (χ0) is 12.5. The lowest BCUT2D eigenvalue weighted by Crippen LogP contribution is -1.82. The monoisotopic (exact) mass is 276 g/mol. The Labute approximate surface area is 113 Å². The topological polar surface area (TPSA) is 54.5 Å². The maximum absolute atomic E-state index is 5.88. The first-order valence-electron chi connectivity index (χ1n) is 5.33. The van der Waals surface area contributed by atoms with Crippen LogP contribution in [-0.4, -0.2) is 20.2 Å². The lowest BCUT2D eigenvalue weighted by atomic mass is 10.1. The predicted molar refractivity (Wildman–Crippen MR) is 72.7 cm³/mol. The zero-order valence-corrected chi connectivity index (χ0v) is 11.1. The summed E-state index contributed by atoms with van der Waals surface area (Å²) in [5.41, 5.74) is 2.02. The average molecular weight is 277 g/mol. The molecule has 0 aliphatic rings. The number of aromatic nitrogens is 4. The van der Waals surface area contributed by atoms with Crippen molar-refractivity contribution in [1.82, 2.24) is 20.2 Å². The number of rotatable bonds is 2. The Kier molecular flexibility index (Phi) is 2.85. The van der Waals surface area contributed by atoms with Crippen LogP contribution in [0.1, 0.15) is 4.88 Å². The minimum atomic E-state index is 0.698.